The van der Waals surface area contributed by atoms with Crippen LogP contribution in [0.1, 0.15) is 36.0 Å². The van der Waals surface area contributed by atoms with Crippen LogP contribution in [0.25, 0.3) is 0 Å². The van der Waals surface area contributed by atoms with Gasteiger partial charge in [-0.3, -0.25) is 4.79 Å². The Balaban J connectivity index is 1.81. The van der Waals surface area contributed by atoms with Crippen LogP contribution in [0.3, 0.4) is 0 Å². The Bertz CT molecular complexity index is 462. The van der Waals surface area contributed by atoms with Gasteiger partial charge in [-0.1, -0.05) is 24.4 Å². The van der Waals surface area contributed by atoms with Crippen molar-refractivity contribution in [1.29, 1.82) is 0 Å². The third-order valence-electron chi connectivity index (χ3n) is 3.46. The molecule has 6 heteroatoms. The minimum Gasteiger partial charge on any atom is -0.351 e. The molecular weight excluding hydrogens is 342 g/mol. The van der Waals surface area contributed by atoms with Gasteiger partial charge in [0, 0.05) is 23.8 Å². The number of pyridine rings is 1. The molecule has 20 heavy (non-hydrogen) atoms. The maximum absolute atomic E-state index is 12.1. The van der Waals surface area contributed by atoms with Crippen molar-refractivity contribution in [3.05, 3.63) is 27.5 Å². The lowest BCUT2D eigenvalue weighted by Crippen LogP contribution is -2.35. The molecule has 1 fully saturated rings. The highest BCUT2D eigenvalue weighted by Crippen LogP contribution is 2.17. The molecule has 0 aromatic carbocycles. The summed E-state index contributed by atoms with van der Waals surface area (Å²) in [6, 6.07) is 1.69. The van der Waals surface area contributed by atoms with Gasteiger partial charge in [-0.2, -0.15) is 0 Å². The number of hydrogen-bond donors (Lipinski definition) is 1. The van der Waals surface area contributed by atoms with E-state index in [1.54, 1.807) is 12.3 Å². The number of rotatable bonds is 4. The SMILES string of the molecule is O=C(NCCN1CCCCCC1)c1cc(Br)cnc1Cl. The van der Waals surface area contributed by atoms with Gasteiger partial charge in [-0.05, 0) is 47.9 Å². The molecule has 110 valence electrons. The summed E-state index contributed by atoms with van der Waals surface area (Å²) in [5.41, 5.74) is 0.414. The normalized spacial score (nSPS) is 16.7. The third-order valence-corrected chi connectivity index (χ3v) is 4.20. The number of hydrogen-bond acceptors (Lipinski definition) is 3. The second kappa shape index (κ2) is 7.96. The van der Waals surface area contributed by atoms with Gasteiger partial charge in [-0.15, -0.1) is 0 Å². The number of likely N-dealkylation sites (tertiary alicyclic amines) is 1. The van der Waals surface area contributed by atoms with Gasteiger partial charge in [0.15, 0.2) is 0 Å². The fraction of sp³-hybridized carbons (Fsp3) is 0.571. The lowest BCUT2D eigenvalue weighted by molar-refractivity contribution is 0.0948. The quantitative estimate of drug-likeness (QED) is 0.839. The molecule has 1 saturated heterocycles. The first-order valence-electron chi connectivity index (χ1n) is 6.98. The van der Waals surface area contributed by atoms with Crippen molar-refractivity contribution in [3.8, 4) is 0 Å². The Hall–Kier alpha value is -0.650. The predicted octanol–water partition coefficient (Wildman–Crippen LogP) is 3.10. The van der Waals surface area contributed by atoms with Gasteiger partial charge < -0.3 is 10.2 Å². The van der Waals surface area contributed by atoms with Crippen LogP contribution in [-0.2, 0) is 0 Å². The minimum absolute atomic E-state index is 0.168. The Morgan fingerprint density at radius 2 is 2.05 bits per heavy atom. The van der Waals surface area contributed by atoms with E-state index in [9.17, 15) is 4.79 Å². The smallest absolute Gasteiger partial charge is 0.254 e. The zero-order valence-corrected chi connectivity index (χ0v) is 13.7. The minimum atomic E-state index is -0.168. The molecule has 1 aliphatic heterocycles. The molecule has 4 nitrogen and oxygen atoms in total. The van der Waals surface area contributed by atoms with Crippen molar-refractivity contribution in [2.24, 2.45) is 0 Å². The largest absolute Gasteiger partial charge is 0.351 e. The molecule has 1 aliphatic rings. The Morgan fingerprint density at radius 3 is 2.75 bits per heavy atom. The molecule has 2 heterocycles. The van der Waals surface area contributed by atoms with E-state index in [-0.39, 0.29) is 11.1 Å². The van der Waals surface area contributed by atoms with Gasteiger partial charge in [0.2, 0.25) is 0 Å². The van der Waals surface area contributed by atoms with Crippen LogP contribution in [0.15, 0.2) is 16.7 Å². The topological polar surface area (TPSA) is 45.2 Å². The molecule has 0 aliphatic carbocycles. The summed E-state index contributed by atoms with van der Waals surface area (Å²) in [4.78, 5) is 18.4. The van der Waals surface area contributed by atoms with Crippen LogP contribution in [0.2, 0.25) is 5.15 Å². The van der Waals surface area contributed by atoms with Gasteiger partial charge in [0.25, 0.3) is 5.91 Å². The molecule has 1 aromatic rings. The summed E-state index contributed by atoms with van der Waals surface area (Å²) < 4.78 is 0.750. The molecule has 0 spiro atoms. The lowest BCUT2D eigenvalue weighted by atomic mass is 10.2. The highest BCUT2D eigenvalue weighted by molar-refractivity contribution is 9.10. The van der Waals surface area contributed by atoms with E-state index in [0.717, 1.165) is 24.1 Å². The van der Waals surface area contributed by atoms with Gasteiger partial charge >= 0.3 is 0 Å². The first kappa shape index (κ1) is 15.7. The van der Waals surface area contributed by atoms with Crippen molar-refractivity contribution in [1.82, 2.24) is 15.2 Å². The highest BCUT2D eigenvalue weighted by atomic mass is 79.9. The van der Waals surface area contributed by atoms with Crippen molar-refractivity contribution in [2.45, 2.75) is 25.7 Å². The number of carbonyl (C=O) groups excluding carboxylic acids is 1. The van der Waals surface area contributed by atoms with Crippen molar-refractivity contribution in [2.75, 3.05) is 26.2 Å². The van der Waals surface area contributed by atoms with Crippen LogP contribution in [0, 0.1) is 0 Å². The summed E-state index contributed by atoms with van der Waals surface area (Å²) in [5.74, 6) is -0.168. The van der Waals surface area contributed by atoms with Crippen LogP contribution >= 0.6 is 27.5 Å². The number of amides is 1. The fourth-order valence-corrected chi connectivity index (χ4v) is 2.88. The van der Waals surface area contributed by atoms with Crippen LogP contribution < -0.4 is 5.32 Å². The Morgan fingerprint density at radius 1 is 1.35 bits per heavy atom. The van der Waals surface area contributed by atoms with E-state index in [1.807, 2.05) is 0 Å². The summed E-state index contributed by atoms with van der Waals surface area (Å²) in [7, 11) is 0. The first-order valence-corrected chi connectivity index (χ1v) is 8.15. The molecule has 1 N–H and O–H groups in total. The fourth-order valence-electron chi connectivity index (χ4n) is 2.36. The molecule has 0 bridgehead atoms. The van der Waals surface area contributed by atoms with Crippen LogP contribution in [-0.4, -0.2) is 42.0 Å². The van der Waals surface area contributed by atoms with Gasteiger partial charge in [0.1, 0.15) is 5.15 Å². The summed E-state index contributed by atoms with van der Waals surface area (Å²) in [5, 5.41) is 3.15. The summed E-state index contributed by atoms with van der Waals surface area (Å²) in [6.07, 6.45) is 6.74. The number of nitrogens with one attached hydrogen (secondary N) is 1. The molecule has 0 saturated carbocycles. The highest BCUT2D eigenvalue weighted by Gasteiger charge is 2.13. The van der Waals surface area contributed by atoms with Gasteiger partial charge in [0.05, 0.1) is 5.56 Å². The van der Waals surface area contributed by atoms with E-state index in [4.69, 9.17) is 11.6 Å². The summed E-state index contributed by atoms with van der Waals surface area (Å²) >= 11 is 9.23. The molecule has 0 unspecified atom stereocenters. The third kappa shape index (κ3) is 4.72. The molecule has 1 amide bonds. The Kier molecular flexibility index (Phi) is 6.26. The van der Waals surface area contributed by atoms with Gasteiger partial charge in [-0.25, -0.2) is 4.98 Å². The number of carbonyl (C=O) groups is 1. The zero-order valence-electron chi connectivity index (χ0n) is 11.4. The van der Waals surface area contributed by atoms with Crippen LogP contribution in [0.4, 0.5) is 0 Å². The summed E-state index contributed by atoms with van der Waals surface area (Å²) in [6.45, 7) is 3.80. The monoisotopic (exact) mass is 359 g/mol. The average molecular weight is 361 g/mol. The standard InChI is InChI=1S/C14H19BrClN3O/c15-11-9-12(13(16)18-10-11)14(20)17-5-8-19-6-3-1-2-4-7-19/h9-10H,1-8H2,(H,17,20). The molecule has 1 aromatic heterocycles. The molecular formula is C14H19BrClN3O. The second-order valence-electron chi connectivity index (χ2n) is 5.00. The molecule has 0 radical (unpaired) electrons. The number of nitrogens with zero attached hydrogens (tertiary/aromatic N) is 2. The van der Waals surface area contributed by atoms with E-state index in [2.05, 4.69) is 31.1 Å². The lowest BCUT2D eigenvalue weighted by Gasteiger charge is -2.19. The van der Waals surface area contributed by atoms with Crippen molar-refractivity contribution >= 4 is 33.4 Å². The van der Waals surface area contributed by atoms with E-state index in [0.29, 0.717) is 12.1 Å². The van der Waals surface area contributed by atoms with Crippen molar-refractivity contribution < 1.29 is 4.79 Å². The zero-order chi connectivity index (χ0) is 14.4. The Labute approximate surface area is 133 Å². The van der Waals surface area contributed by atoms with E-state index in [1.165, 1.54) is 25.7 Å². The molecule has 2 rings (SSSR count). The second-order valence-corrected chi connectivity index (χ2v) is 6.28. The first-order chi connectivity index (χ1) is 9.66. The predicted molar refractivity (Wildman–Crippen MR) is 84.2 cm³/mol. The maximum atomic E-state index is 12.1. The maximum Gasteiger partial charge on any atom is 0.254 e. The van der Waals surface area contributed by atoms with E-state index < -0.39 is 0 Å². The van der Waals surface area contributed by atoms with Crippen molar-refractivity contribution in [3.63, 3.8) is 0 Å². The average Bonchev–Trinajstić information content (AvgIpc) is 2.70. The van der Waals surface area contributed by atoms with Crippen LogP contribution in [0.5, 0.6) is 0 Å². The van der Waals surface area contributed by atoms with E-state index >= 15 is 0 Å². The number of aromatic nitrogens is 1. The number of halogens is 2. The molecule has 0 atom stereocenters.